The number of fused-ring (bicyclic) bond motifs is 9. The van der Waals surface area contributed by atoms with E-state index in [1.54, 1.807) is 0 Å². The fraction of sp³-hybridized carbons (Fsp3) is 0.0400. The maximum absolute atomic E-state index is 2.65. The summed E-state index contributed by atoms with van der Waals surface area (Å²) < 4.78 is 0. The van der Waals surface area contributed by atoms with Crippen LogP contribution in [0, 0.1) is 0 Å². The molecule has 1 heterocycles. The second kappa shape index (κ2) is 11.4. The van der Waals surface area contributed by atoms with Crippen molar-refractivity contribution >= 4 is 45.9 Å². The highest BCUT2D eigenvalue weighted by molar-refractivity contribution is 7.22. The van der Waals surface area contributed by atoms with Gasteiger partial charge in [0.25, 0.3) is 0 Å². The van der Waals surface area contributed by atoms with Crippen molar-refractivity contribution in [2.24, 2.45) is 0 Å². The maximum atomic E-state index is 2.55. The van der Waals surface area contributed by atoms with Crippen LogP contribution in [0.4, 0.5) is 17.1 Å². The molecule has 2 heteroatoms. The van der Waals surface area contributed by atoms with Gasteiger partial charge < -0.3 is 4.90 Å². The number of rotatable bonds is 5. The Kier molecular flexibility index (Phi) is 6.47. The highest BCUT2D eigenvalue weighted by Gasteiger charge is 2.48. The van der Waals surface area contributed by atoms with E-state index in [1.807, 2.05) is 0 Å². The van der Waals surface area contributed by atoms with E-state index < -0.39 is 8.07 Å². The van der Waals surface area contributed by atoms with Crippen LogP contribution in [0.1, 0.15) is 22.3 Å². The lowest BCUT2D eigenvalue weighted by molar-refractivity contribution is 1.22. The maximum Gasteiger partial charge on any atom is 0.180 e. The highest BCUT2D eigenvalue weighted by Crippen LogP contribution is 2.45. The molecular formula is C50H35NSi. The number of benzene rings is 8. The summed E-state index contributed by atoms with van der Waals surface area (Å²) in [6.45, 7) is 0. The van der Waals surface area contributed by atoms with Gasteiger partial charge >= 0.3 is 0 Å². The molecule has 1 aliphatic heterocycles. The molecule has 0 spiro atoms. The van der Waals surface area contributed by atoms with Crippen molar-refractivity contribution in [3.63, 3.8) is 0 Å². The molecule has 0 unspecified atom stereocenters. The molecule has 52 heavy (non-hydrogen) atoms. The zero-order valence-electron chi connectivity index (χ0n) is 28.8. The van der Waals surface area contributed by atoms with Gasteiger partial charge in [0, 0.05) is 17.1 Å². The lowest BCUT2D eigenvalue weighted by Crippen LogP contribution is -2.72. The van der Waals surface area contributed by atoms with Crippen LogP contribution in [-0.2, 0) is 12.8 Å². The summed E-state index contributed by atoms with van der Waals surface area (Å²) in [4.78, 5) is 2.52. The Labute approximate surface area is 306 Å². The van der Waals surface area contributed by atoms with Gasteiger partial charge in [0.2, 0.25) is 0 Å². The lowest BCUT2D eigenvalue weighted by Gasteiger charge is -2.33. The van der Waals surface area contributed by atoms with E-state index in [2.05, 4.69) is 193 Å². The van der Waals surface area contributed by atoms with Crippen molar-refractivity contribution in [1.82, 2.24) is 0 Å². The van der Waals surface area contributed by atoms with Crippen molar-refractivity contribution in [2.75, 3.05) is 4.90 Å². The second-order valence-electron chi connectivity index (χ2n) is 14.4. The SMILES string of the molecule is c1ccc([Si]2(c3ccccc3)c3ccccc3-c3ccc(N(c4ccc5c(c4)Cc4ccccc4-5)c4ccc5c(c4)Cc4ccccc4-5)cc32)cc1. The Morgan fingerprint density at radius 2 is 0.712 bits per heavy atom. The second-order valence-corrected chi connectivity index (χ2v) is 18.2. The van der Waals surface area contributed by atoms with E-state index in [0.717, 1.165) is 12.8 Å². The van der Waals surface area contributed by atoms with Crippen LogP contribution in [0.5, 0.6) is 0 Å². The van der Waals surface area contributed by atoms with Crippen LogP contribution in [0.2, 0.25) is 0 Å². The molecule has 0 amide bonds. The third-order valence-electron chi connectivity index (χ3n) is 11.8. The average molecular weight is 678 g/mol. The number of hydrogen-bond acceptors (Lipinski definition) is 1. The van der Waals surface area contributed by atoms with Gasteiger partial charge in [-0.15, -0.1) is 0 Å². The normalized spacial score (nSPS) is 13.8. The molecule has 0 saturated carbocycles. The van der Waals surface area contributed by atoms with E-state index in [1.165, 1.54) is 93.4 Å². The molecule has 0 bridgehead atoms. The van der Waals surface area contributed by atoms with E-state index in [0.29, 0.717) is 0 Å². The minimum absolute atomic E-state index is 0.963. The first-order chi connectivity index (χ1) is 25.8. The van der Waals surface area contributed by atoms with E-state index >= 15 is 0 Å². The first-order valence-electron chi connectivity index (χ1n) is 18.4. The number of anilines is 3. The standard InChI is InChI=1S/C50H35NSi/c1-3-15-41(16-4-1)52(42-17-5-2-6-18-42)49-22-12-11-21-47(49)48-28-25-40(33-50(48)52)51(38-23-26-45-36(31-38)29-34-13-7-9-19-43(34)45)39-24-27-46-37(32-39)30-35-14-8-10-20-44(35)46/h1-28,31-33H,29-30H2. The summed E-state index contributed by atoms with van der Waals surface area (Å²) in [5.74, 6) is 0. The molecule has 0 fully saturated rings. The molecule has 2 aliphatic carbocycles. The quantitative estimate of drug-likeness (QED) is 0.164. The summed E-state index contributed by atoms with van der Waals surface area (Å²) in [6, 6.07) is 71.1. The van der Waals surface area contributed by atoms with E-state index in [9.17, 15) is 0 Å². The molecule has 0 atom stereocenters. The van der Waals surface area contributed by atoms with Crippen LogP contribution in [0.25, 0.3) is 33.4 Å². The molecule has 0 aromatic heterocycles. The summed E-state index contributed by atoms with van der Waals surface area (Å²) in [5, 5.41) is 5.76. The summed E-state index contributed by atoms with van der Waals surface area (Å²) in [7, 11) is -2.65. The van der Waals surface area contributed by atoms with Crippen molar-refractivity contribution in [3.8, 4) is 33.4 Å². The van der Waals surface area contributed by atoms with Crippen LogP contribution < -0.4 is 25.6 Å². The van der Waals surface area contributed by atoms with Crippen LogP contribution in [0.3, 0.4) is 0 Å². The smallest absolute Gasteiger partial charge is 0.180 e. The zero-order chi connectivity index (χ0) is 34.2. The summed E-state index contributed by atoms with van der Waals surface area (Å²) >= 11 is 0. The van der Waals surface area contributed by atoms with E-state index in [4.69, 9.17) is 0 Å². The Morgan fingerprint density at radius 3 is 1.27 bits per heavy atom. The lowest BCUT2D eigenvalue weighted by atomic mass is 10.0. The molecule has 0 radical (unpaired) electrons. The van der Waals surface area contributed by atoms with Crippen LogP contribution in [0.15, 0.2) is 188 Å². The molecule has 1 nitrogen and oxygen atoms in total. The van der Waals surface area contributed by atoms with Crippen molar-refractivity contribution in [1.29, 1.82) is 0 Å². The van der Waals surface area contributed by atoms with Gasteiger partial charge in [0.1, 0.15) is 0 Å². The molecule has 244 valence electrons. The minimum Gasteiger partial charge on any atom is -0.310 e. The summed E-state index contributed by atoms with van der Waals surface area (Å²) in [5.41, 5.74) is 17.3. The Morgan fingerprint density at radius 1 is 0.308 bits per heavy atom. The Balaban J connectivity index is 1.15. The van der Waals surface area contributed by atoms with Gasteiger partial charge in [-0.2, -0.15) is 0 Å². The molecule has 8 aromatic carbocycles. The largest absolute Gasteiger partial charge is 0.310 e. The predicted octanol–water partition coefficient (Wildman–Crippen LogP) is 9.66. The Bertz CT molecular complexity index is 2560. The minimum atomic E-state index is -2.65. The number of hydrogen-bond donors (Lipinski definition) is 0. The highest BCUT2D eigenvalue weighted by atomic mass is 28.3. The van der Waals surface area contributed by atoms with Gasteiger partial charge in [-0.1, -0.05) is 152 Å². The Hall–Kier alpha value is -6.22. The fourth-order valence-corrected chi connectivity index (χ4v) is 14.8. The van der Waals surface area contributed by atoms with Crippen LogP contribution >= 0.6 is 0 Å². The van der Waals surface area contributed by atoms with Crippen molar-refractivity contribution in [3.05, 3.63) is 210 Å². The van der Waals surface area contributed by atoms with Crippen molar-refractivity contribution in [2.45, 2.75) is 12.8 Å². The third kappa shape index (κ3) is 4.22. The molecule has 11 rings (SSSR count). The van der Waals surface area contributed by atoms with Gasteiger partial charge in [-0.05, 0) is 126 Å². The van der Waals surface area contributed by atoms with E-state index in [-0.39, 0.29) is 0 Å². The third-order valence-corrected chi connectivity index (χ3v) is 16.6. The molecule has 3 aliphatic rings. The molecule has 0 saturated heterocycles. The summed E-state index contributed by atoms with van der Waals surface area (Å²) in [6.07, 6.45) is 1.93. The first kappa shape index (κ1) is 29.5. The topological polar surface area (TPSA) is 3.24 Å². The average Bonchev–Trinajstić information content (AvgIpc) is 3.86. The number of nitrogens with zero attached hydrogens (tertiary/aromatic N) is 1. The first-order valence-corrected chi connectivity index (χ1v) is 20.4. The van der Waals surface area contributed by atoms with Gasteiger partial charge in [0.15, 0.2) is 8.07 Å². The zero-order valence-corrected chi connectivity index (χ0v) is 29.8. The molecule has 0 N–H and O–H groups in total. The predicted molar refractivity (Wildman–Crippen MR) is 220 cm³/mol. The van der Waals surface area contributed by atoms with Gasteiger partial charge in [-0.25, -0.2) is 0 Å². The van der Waals surface area contributed by atoms with Gasteiger partial charge in [-0.3, -0.25) is 0 Å². The molecule has 8 aromatic rings. The molecular weight excluding hydrogens is 643 g/mol. The van der Waals surface area contributed by atoms with Gasteiger partial charge in [0.05, 0.1) is 0 Å². The van der Waals surface area contributed by atoms with Crippen LogP contribution in [-0.4, -0.2) is 8.07 Å². The van der Waals surface area contributed by atoms with Crippen molar-refractivity contribution < 1.29 is 0 Å². The fourth-order valence-electron chi connectivity index (χ4n) is 9.56. The monoisotopic (exact) mass is 677 g/mol.